The van der Waals surface area contributed by atoms with E-state index in [9.17, 15) is 13.2 Å². The summed E-state index contributed by atoms with van der Waals surface area (Å²) in [4.78, 5) is 0. The maximum Gasteiger partial charge on any atom is 0.387 e. The molecular weight excluding hydrogens is 347 g/mol. The van der Waals surface area contributed by atoms with Crippen molar-refractivity contribution in [1.29, 1.82) is 0 Å². The molecule has 2 aromatic carbocycles. The van der Waals surface area contributed by atoms with Crippen LogP contribution >= 0.6 is 15.9 Å². The topological polar surface area (TPSA) is 21.3 Å². The summed E-state index contributed by atoms with van der Waals surface area (Å²) >= 11 is 3.20. The highest BCUT2D eigenvalue weighted by Crippen LogP contribution is 2.25. The van der Waals surface area contributed by atoms with E-state index in [-0.39, 0.29) is 17.6 Å². The molecule has 0 radical (unpaired) electrons. The first-order valence-corrected chi connectivity index (χ1v) is 7.01. The zero-order chi connectivity index (χ0) is 15.4. The van der Waals surface area contributed by atoms with Crippen molar-refractivity contribution >= 4 is 21.6 Å². The third-order valence-corrected chi connectivity index (χ3v) is 3.38. The Morgan fingerprint density at radius 2 is 1.76 bits per heavy atom. The van der Waals surface area contributed by atoms with Crippen molar-refractivity contribution in [2.75, 3.05) is 5.32 Å². The van der Waals surface area contributed by atoms with Crippen molar-refractivity contribution in [3.05, 3.63) is 58.3 Å². The Morgan fingerprint density at radius 1 is 1.10 bits per heavy atom. The van der Waals surface area contributed by atoms with Crippen LogP contribution in [0.2, 0.25) is 0 Å². The molecule has 112 valence electrons. The van der Waals surface area contributed by atoms with Gasteiger partial charge in [0.25, 0.3) is 0 Å². The fourth-order valence-corrected chi connectivity index (χ4v) is 2.25. The maximum atomic E-state index is 13.8. The first kappa shape index (κ1) is 15.7. The minimum atomic E-state index is -2.85. The molecule has 2 nitrogen and oxygen atoms in total. The molecule has 1 N–H and O–H groups in total. The van der Waals surface area contributed by atoms with Gasteiger partial charge in [-0.05, 0) is 43.3 Å². The smallest absolute Gasteiger partial charge is 0.387 e. The van der Waals surface area contributed by atoms with E-state index in [2.05, 4.69) is 26.0 Å². The Hall–Kier alpha value is -1.69. The lowest BCUT2D eigenvalue weighted by Gasteiger charge is -2.17. The van der Waals surface area contributed by atoms with Crippen LogP contribution in [0.1, 0.15) is 18.5 Å². The standard InChI is InChI=1S/C15H13BrF3NO/c1-9(13-7-2-10(16)8-14(13)17)20-11-3-5-12(6-4-11)21-15(18)19/h2-9,15,20H,1H3. The lowest BCUT2D eigenvalue weighted by molar-refractivity contribution is -0.0498. The molecule has 0 aromatic heterocycles. The van der Waals surface area contributed by atoms with E-state index in [0.717, 1.165) is 0 Å². The van der Waals surface area contributed by atoms with E-state index in [0.29, 0.717) is 15.7 Å². The van der Waals surface area contributed by atoms with Crippen LogP contribution in [-0.2, 0) is 0 Å². The highest BCUT2D eigenvalue weighted by atomic mass is 79.9. The molecule has 0 saturated heterocycles. The summed E-state index contributed by atoms with van der Waals surface area (Å²) < 4.78 is 42.9. The van der Waals surface area contributed by atoms with Crippen LogP contribution in [0.4, 0.5) is 18.9 Å². The van der Waals surface area contributed by atoms with Crippen molar-refractivity contribution in [1.82, 2.24) is 0 Å². The molecule has 0 amide bonds. The predicted molar refractivity (Wildman–Crippen MR) is 79.2 cm³/mol. The Labute approximate surface area is 129 Å². The molecule has 0 aliphatic carbocycles. The molecule has 2 rings (SSSR count). The van der Waals surface area contributed by atoms with Gasteiger partial charge in [-0.1, -0.05) is 22.0 Å². The molecule has 1 unspecified atom stereocenters. The van der Waals surface area contributed by atoms with E-state index in [1.165, 1.54) is 18.2 Å². The second-order valence-electron chi connectivity index (χ2n) is 4.43. The van der Waals surface area contributed by atoms with Gasteiger partial charge in [-0.2, -0.15) is 8.78 Å². The second-order valence-corrected chi connectivity index (χ2v) is 5.35. The summed E-state index contributed by atoms with van der Waals surface area (Å²) in [5.41, 5.74) is 1.21. The molecule has 0 saturated carbocycles. The number of anilines is 1. The third kappa shape index (κ3) is 4.39. The molecular formula is C15H13BrF3NO. The summed E-state index contributed by atoms with van der Waals surface area (Å²) in [6.07, 6.45) is 0. The number of halogens is 4. The second kappa shape index (κ2) is 6.85. The Balaban J connectivity index is 2.06. The van der Waals surface area contributed by atoms with Gasteiger partial charge in [0.1, 0.15) is 11.6 Å². The number of ether oxygens (including phenoxy) is 1. The van der Waals surface area contributed by atoms with Gasteiger partial charge in [0.2, 0.25) is 0 Å². The number of rotatable bonds is 5. The summed E-state index contributed by atoms with van der Waals surface area (Å²) in [7, 11) is 0. The molecule has 0 spiro atoms. The van der Waals surface area contributed by atoms with Crippen molar-refractivity contribution in [3.63, 3.8) is 0 Å². The van der Waals surface area contributed by atoms with Crippen LogP contribution in [0.15, 0.2) is 46.9 Å². The molecule has 21 heavy (non-hydrogen) atoms. The highest BCUT2D eigenvalue weighted by molar-refractivity contribution is 9.10. The summed E-state index contributed by atoms with van der Waals surface area (Å²) in [6.45, 7) is -1.03. The van der Waals surface area contributed by atoms with Gasteiger partial charge in [-0.25, -0.2) is 4.39 Å². The number of hydrogen-bond donors (Lipinski definition) is 1. The quantitative estimate of drug-likeness (QED) is 0.775. The van der Waals surface area contributed by atoms with Gasteiger partial charge < -0.3 is 10.1 Å². The van der Waals surface area contributed by atoms with Crippen molar-refractivity contribution < 1.29 is 17.9 Å². The zero-order valence-corrected chi connectivity index (χ0v) is 12.7. The van der Waals surface area contributed by atoms with Crippen LogP contribution in [0, 0.1) is 5.82 Å². The predicted octanol–water partition coefficient (Wildman–Crippen LogP) is 5.36. The summed E-state index contributed by atoms with van der Waals surface area (Å²) in [6, 6.07) is 10.6. The SMILES string of the molecule is CC(Nc1ccc(OC(F)F)cc1)c1ccc(Br)cc1F. The lowest BCUT2D eigenvalue weighted by Crippen LogP contribution is -2.08. The summed E-state index contributed by atoms with van der Waals surface area (Å²) in [5.74, 6) is -0.236. The number of alkyl halides is 2. The molecule has 0 heterocycles. The lowest BCUT2D eigenvalue weighted by atomic mass is 10.1. The zero-order valence-electron chi connectivity index (χ0n) is 11.1. The minimum Gasteiger partial charge on any atom is -0.435 e. The molecule has 1 atom stereocenters. The number of benzene rings is 2. The van der Waals surface area contributed by atoms with Crippen molar-refractivity contribution in [2.45, 2.75) is 19.6 Å². The largest absolute Gasteiger partial charge is 0.435 e. The van der Waals surface area contributed by atoms with Crippen LogP contribution < -0.4 is 10.1 Å². The van der Waals surface area contributed by atoms with Crippen molar-refractivity contribution in [2.24, 2.45) is 0 Å². The highest BCUT2D eigenvalue weighted by Gasteiger charge is 2.11. The van der Waals surface area contributed by atoms with Gasteiger partial charge in [0.05, 0.1) is 6.04 Å². The molecule has 0 aliphatic rings. The molecule has 6 heteroatoms. The first-order valence-electron chi connectivity index (χ1n) is 6.22. The van der Waals surface area contributed by atoms with Crippen LogP contribution in [0.25, 0.3) is 0 Å². The van der Waals surface area contributed by atoms with Crippen LogP contribution in [0.5, 0.6) is 5.75 Å². The van der Waals surface area contributed by atoms with Gasteiger partial charge >= 0.3 is 6.61 Å². The molecule has 0 aliphatic heterocycles. The van der Waals surface area contributed by atoms with E-state index in [1.54, 1.807) is 24.3 Å². The van der Waals surface area contributed by atoms with E-state index in [4.69, 9.17) is 0 Å². The third-order valence-electron chi connectivity index (χ3n) is 2.89. The van der Waals surface area contributed by atoms with Gasteiger partial charge in [-0.15, -0.1) is 0 Å². The molecule has 0 bridgehead atoms. The fraction of sp³-hybridized carbons (Fsp3) is 0.200. The Morgan fingerprint density at radius 3 is 2.33 bits per heavy atom. The van der Waals surface area contributed by atoms with Crippen molar-refractivity contribution in [3.8, 4) is 5.75 Å². The van der Waals surface area contributed by atoms with E-state index in [1.807, 2.05) is 6.92 Å². The molecule has 0 fully saturated rings. The van der Waals surface area contributed by atoms with Gasteiger partial charge in [0, 0.05) is 15.7 Å². The van der Waals surface area contributed by atoms with E-state index < -0.39 is 6.61 Å². The average molecular weight is 360 g/mol. The van der Waals surface area contributed by atoms with Crippen LogP contribution in [0.3, 0.4) is 0 Å². The Bertz CT molecular complexity index is 604. The fourth-order valence-electron chi connectivity index (χ4n) is 1.91. The number of nitrogens with one attached hydrogen (secondary N) is 1. The molecule has 2 aromatic rings. The van der Waals surface area contributed by atoms with Crippen LogP contribution in [-0.4, -0.2) is 6.61 Å². The number of hydrogen-bond acceptors (Lipinski definition) is 2. The normalized spacial score (nSPS) is 12.3. The first-order chi connectivity index (χ1) is 9.95. The van der Waals surface area contributed by atoms with Gasteiger partial charge in [0.15, 0.2) is 0 Å². The average Bonchev–Trinajstić information content (AvgIpc) is 2.40. The van der Waals surface area contributed by atoms with Gasteiger partial charge in [-0.3, -0.25) is 0 Å². The Kier molecular flexibility index (Phi) is 5.12. The maximum absolute atomic E-state index is 13.8. The van der Waals surface area contributed by atoms with E-state index >= 15 is 0 Å². The minimum absolute atomic E-state index is 0.0815. The monoisotopic (exact) mass is 359 g/mol. The summed E-state index contributed by atoms with van der Waals surface area (Å²) in [5, 5.41) is 3.10.